The van der Waals surface area contributed by atoms with Gasteiger partial charge in [0.15, 0.2) is 0 Å². The maximum absolute atomic E-state index is 11.8. The molecular formula is C12H12N4O2. The second-order valence-corrected chi connectivity index (χ2v) is 3.52. The van der Waals surface area contributed by atoms with E-state index in [0.717, 1.165) is 0 Å². The summed E-state index contributed by atoms with van der Waals surface area (Å²) in [5.74, 6) is -0.253. The fraction of sp³-hybridized carbons (Fsp3) is 0.0833. The minimum absolute atomic E-state index is 0.253. The molecule has 2 amide bonds. The first kappa shape index (κ1) is 11.8. The van der Waals surface area contributed by atoms with Gasteiger partial charge in [0.1, 0.15) is 6.33 Å². The van der Waals surface area contributed by atoms with E-state index in [4.69, 9.17) is 0 Å². The van der Waals surface area contributed by atoms with E-state index in [0.29, 0.717) is 11.3 Å². The highest BCUT2D eigenvalue weighted by Crippen LogP contribution is 2.15. The van der Waals surface area contributed by atoms with Crippen molar-refractivity contribution in [1.82, 2.24) is 14.9 Å². The number of benzene rings is 1. The lowest BCUT2D eigenvalue weighted by atomic mass is 10.1. The molecule has 0 aliphatic rings. The Kier molecular flexibility index (Phi) is 3.38. The lowest BCUT2D eigenvalue weighted by molar-refractivity contribution is 0.0964. The molecule has 1 aromatic heterocycles. The molecular weight excluding hydrogens is 232 g/mol. The molecule has 92 valence electrons. The van der Waals surface area contributed by atoms with E-state index in [2.05, 4.69) is 15.6 Å². The van der Waals surface area contributed by atoms with Crippen molar-refractivity contribution in [2.24, 2.45) is 0 Å². The predicted octanol–water partition coefficient (Wildman–Crippen LogP) is 1.32. The van der Waals surface area contributed by atoms with Crippen LogP contribution in [0.4, 0.5) is 10.5 Å². The molecule has 2 rings (SSSR count). The zero-order chi connectivity index (χ0) is 13.0. The molecule has 2 N–H and O–H groups in total. The second kappa shape index (κ2) is 5.13. The summed E-state index contributed by atoms with van der Waals surface area (Å²) in [7, 11) is 1.54. The van der Waals surface area contributed by atoms with E-state index >= 15 is 0 Å². The van der Waals surface area contributed by atoms with Crippen molar-refractivity contribution in [3.8, 4) is 0 Å². The maximum Gasteiger partial charge on any atom is 0.331 e. The van der Waals surface area contributed by atoms with Crippen LogP contribution in [0.25, 0.3) is 0 Å². The monoisotopic (exact) mass is 244 g/mol. The highest BCUT2D eigenvalue weighted by molar-refractivity contribution is 6.03. The van der Waals surface area contributed by atoms with Crippen LogP contribution in [-0.2, 0) is 0 Å². The number of nitrogens with zero attached hydrogens (tertiary/aromatic N) is 2. The highest BCUT2D eigenvalue weighted by atomic mass is 16.2. The Balaban J connectivity index is 2.24. The third-order valence-corrected chi connectivity index (χ3v) is 2.38. The summed E-state index contributed by atoms with van der Waals surface area (Å²) in [6.07, 6.45) is 4.42. The summed E-state index contributed by atoms with van der Waals surface area (Å²) >= 11 is 0. The Morgan fingerprint density at radius 1 is 1.28 bits per heavy atom. The van der Waals surface area contributed by atoms with Gasteiger partial charge < -0.3 is 10.6 Å². The first-order valence-electron chi connectivity index (χ1n) is 5.33. The topological polar surface area (TPSA) is 76.0 Å². The summed E-state index contributed by atoms with van der Waals surface area (Å²) in [5.41, 5.74) is 0.865. The molecule has 0 radical (unpaired) electrons. The summed E-state index contributed by atoms with van der Waals surface area (Å²) in [6.45, 7) is 0. The molecule has 0 atom stereocenters. The largest absolute Gasteiger partial charge is 0.355 e. The normalized spacial score (nSPS) is 9.83. The lowest BCUT2D eigenvalue weighted by Crippen LogP contribution is -2.23. The maximum atomic E-state index is 11.8. The van der Waals surface area contributed by atoms with Crippen LogP contribution in [0.5, 0.6) is 0 Å². The van der Waals surface area contributed by atoms with Crippen molar-refractivity contribution in [3.05, 3.63) is 48.5 Å². The highest BCUT2D eigenvalue weighted by Gasteiger charge is 2.12. The van der Waals surface area contributed by atoms with Crippen molar-refractivity contribution in [3.63, 3.8) is 0 Å². The van der Waals surface area contributed by atoms with Crippen LogP contribution in [0.15, 0.2) is 43.0 Å². The van der Waals surface area contributed by atoms with Crippen molar-refractivity contribution >= 4 is 17.6 Å². The van der Waals surface area contributed by atoms with Gasteiger partial charge in [0.2, 0.25) is 0 Å². The van der Waals surface area contributed by atoms with E-state index in [-0.39, 0.29) is 11.9 Å². The summed E-state index contributed by atoms with van der Waals surface area (Å²) in [4.78, 5) is 27.2. The van der Waals surface area contributed by atoms with Gasteiger partial charge in [0.25, 0.3) is 5.91 Å². The Morgan fingerprint density at radius 2 is 2.06 bits per heavy atom. The number of nitrogens with one attached hydrogen (secondary N) is 2. The van der Waals surface area contributed by atoms with Crippen LogP contribution in [0.3, 0.4) is 0 Å². The van der Waals surface area contributed by atoms with Gasteiger partial charge in [0.05, 0.1) is 11.3 Å². The second-order valence-electron chi connectivity index (χ2n) is 3.52. The smallest absolute Gasteiger partial charge is 0.331 e. The molecule has 1 heterocycles. The fourth-order valence-electron chi connectivity index (χ4n) is 1.48. The molecule has 0 aliphatic carbocycles. The van der Waals surface area contributed by atoms with Crippen molar-refractivity contribution in [2.45, 2.75) is 0 Å². The van der Waals surface area contributed by atoms with E-state index in [9.17, 15) is 9.59 Å². The third-order valence-electron chi connectivity index (χ3n) is 2.38. The van der Waals surface area contributed by atoms with Gasteiger partial charge >= 0.3 is 6.03 Å². The molecule has 0 saturated carbocycles. The third kappa shape index (κ3) is 2.37. The molecule has 6 heteroatoms. The number of rotatable bonds is 2. The summed E-state index contributed by atoms with van der Waals surface area (Å²) < 4.78 is 1.29. The van der Waals surface area contributed by atoms with E-state index in [1.54, 1.807) is 24.3 Å². The molecule has 0 saturated heterocycles. The zero-order valence-corrected chi connectivity index (χ0v) is 9.75. The number of anilines is 1. The van der Waals surface area contributed by atoms with Crippen molar-refractivity contribution in [2.75, 3.05) is 12.4 Å². The molecule has 0 bridgehead atoms. The van der Waals surface area contributed by atoms with Crippen LogP contribution in [0.2, 0.25) is 0 Å². The van der Waals surface area contributed by atoms with Crippen LogP contribution >= 0.6 is 0 Å². The van der Waals surface area contributed by atoms with Gasteiger partial charge in [-0.1, -0.05) is 12.1 Å². The number of hydrogen-bond acceptors (Lipinski definition) is 3. The lowest BCUT2D eigenvalue weighted by Gasteiger charge is -2.09. The van der Waals surface area contributed by atoms with Crippen molar-refractivity contribution < 1.29 is 9.59 Å². The van der Waals surface area contributed by atoms with Gasteiger partial charge in [-0.3, -0.25) is 9.36 Å². The molecule has 6 nitrogen and oxygen atoms in total. The minimum Gasteiger partial charge on any atom is -0.355 e. The van der Waals surface area contributed by atoms with E-state index < -0.39 is 0 Å². The first-order chi connectivity index (χ1) is 8.72. The SMILES string of the molecule is CNC(=O)c1ccccc1NC(=O)n1ccnc1. The standard InChI is InChI=1S/C12H12N4O2/c1-13-11(17)9-4-2-3-5-10(9)15-12(18)16-7-6-14-8-16/h2-8H,1H3,(H,13,17)(H,15,18). The average Bonchev–Trinajstić information content (AvgIpc) is 2.92. The van der Waals surface area contributed by atoms with Gasteiger partial charge in [-0.25, -0.2) is 9.78 Å². The Morgan fingerprint density at radius 3 is 2.72 bits per heavy atom. The van der Waals surface area contributed by atoms with Crippen LogP contribution in [-0.4, -0.2) is 28.5 Å². The van der Waals surface area contributed by atoms with Gasteiger partial charge in [-0.05, 0) is 12.1 Å². The zero-order valence-electron chi connectivity index (χ0n) is 9.75. The molecule has 0 spiro atoms. The molecule has 0 unspecified atom stereocenters. The number of amides is 2. The van der Waals surface area contributed by atoms with E-state index in [1.807, 2.05) is 0 Å². The van der Waals surface area contributed by atoms with Crippen LogP contribution in [0, 0.1) is 0 Å². The van der Waals surface area contributed by atoms with Gasteiger partial charge in [-0.2, -0.15) is 0 Å². The number of imidazole rings is 1. The molecule has 1 aromatic carbocycles. The Labute approximate surface area is 104 Å². The molecule has 2 aromatic rings. The van der Waals surface area contributed by atoms with Crippen LogP contribution in [0.1, 0.15) is 10.4 Å². The quantitative estimate of drug-likeness (QED) is 0.836. The molecule has 0 fully saturated rings. The molecule has 18 heavy (non-hydrogen) atoms. The number of carbonyl (C=O) groups is 2. The van der Waals surface area contributed by atoms with Crippen molar-refractivity contribution in [1.29, 1.82) is 0 Å². The first-order valence-corrected chi connectivity index (χ1v) is 5.33. The number of aromatic nitrogens is 2. The minimum atomic E-state index is -0.371. The molecule has 0 aliphatic heterocycles. The average molecular weight is 244 g/mol. The van der Waals surface area contributed by atoms with E-state index in [1.165, 1.54) is 30.3 Å². The number of para-hydroxylation sites is 1. The Hall–Kier alpha value is -2.63. The predicted molar refractivity (Wildman–Crippen MR) is 66.5 cm³/mol. The van der Waals surface area contributed by atoms with Gasteiger partial charge in [-0.15, -0.1) is 0 Å². The summed E-state index contributed by atoms with van der Waals surface area (Å²) in [5, 5.41) is 5.17. The Bertz CT molecular complexity index is 563. The fourth-order valence-corrected chi connectivity index (χ4v) is 1.48. The number of hydrogen-bond donors (Lipinski definition) is 2. The number of carbonyl (C=O) groups excluding carboxylic acids is 2. The summed E-state index contributed by atoms with van der Waals surface area (Å²) in [6, 6.07) is 6.42. The van der Waals surface area contributed by atoms with Gasteiger partial charge in [0, 0.05) is 19.4 Å². The van der Waals surface area contributed by atoms with Crippen LogP contribution < -0.4 is 10.6 Å².